The van der Waals surface area contributed by atoms with E-state index in [2.05, 4.69) is 0 Å². The van der Waals surface area contributed by atoms with Gasteiger partial charge in [0.1, 0.15) is 6.10 Å². The van der Waals surface area contributed by atoms with Crippen molar-refractivity contribution in [1.29, 1.82) is 0 Å². The first-order chi connectivity index (χ1) is 8.49. The second kappa shape index (κ2) is 3.75. The summed E-state index contributed by atoms with van der Waals surface area (Å²) < 4.78 is 5.55. The summed E-state index contributed by atoms with van der Waals surface area (Å²) in [5.41, 5.74) is -3.66. The molecular weight excluding hydrogens is 244 g/mol. The molecule has 0 unspecified atom stereocenters. The first kappa shape index (κ1) is 14.4. The third kappa shape index (κ3) is 1.65. The van der Waals surface area contributed by atoms with Gasteiger partial charge in [-0.3, -0.25) is 14.4 Å². The van der Waals surface area contributed by atoms with Crippen LogP contribution in [0.15, 0.2) is 0 Å². The second-order valence-electron chi connectivity index (χ2n) is 7.21. The van der Waals surface area contributed by atoms with Crippen LogP contribution in [0.4, 0.5) is 0 Å². The van der Waals surface area contributed by atoms with Crippen LogP contribution < -0.4 is 0 Å². The van der Waals surface area contributed by atoms with Crippen molar-refractivity contribution in [3.05, 3.63) is 0 Å². The van der Waals surface area contributed by atoms with Crippen molar-refractivity contribution in [2.24, 2.45) is 16.7 Å². The molecule has 1 aliphatic carbocycles. The van der Waals surface area contributed by atoms with Crippen LogP contribution in [0, 0.1) is 16.7 Å². The molecule has 4 nitrogen and oxygen atoms in total. The monoisotopic (exact) mass is 266 g/mol. The van der Waals surface area contributed by atoms with E-state index in [9.17, 15) is 14.4 Å². The highest BCUT2D eigenvalue weighted by Gasteiger charge is 2.77. The van der Waals surface area contributed by atoms with Crippen molar-refractivity contribution in [1.82, 2.24) is 0 Å². The Morgan fingerprint density at radius 3 is 1.74 bits per heavy atom. The molecule has 19 heavy (non-hydrogen) atoms. The maximum atomic E-state index is 12.6. The number of rotatable bonds is 2. The highest BCUT2D eigenvalue weighted by Crippen LogP contribution is 2.54. The van der Waals surface area contributed by atoms with Gasteiger partial charge in [0.25, 0.3) is 0 Å². The van der Waals surface area contributed by atoms with Gasteiger partial charge in [-0.1, -0.05) is 13.8 Å². The quantitative estimate of drug-likeness (QED) is 0.566. The molecule has 2 fully saturated rings. The van der Waals surface area contributed by atoms with Gasteiger partial charge in [-0.15, -0.1) is 0 Å². The summed E-state index contributed by atoms with van der Waals surface area (Å²) in [6, 6.07) is 0. The number of epoxide rings is 1. The van der Waals surface area contributed by atoms with Crippen molar-refractivity contribution < 1.29 is 19.1 Å². The SMILES string of the molecule is CC(C)C[C@@H]1OC12C(=O)C(C)(C)C(=O)C(C)(C)C2=O. The number of carbonyl (C=O) groups is 3. The van der Waals surface area contributed by atoms with Crippen LogP contribution in [-0.4, -0.2) is 29.1 Å². The van der Waals surface area contributed by atoms with Gasteiger partial charge in [0.05, 0.1) is 10.8 Å². The van der Waals surface area contributed by atoms with Crippen LogP contribution >= 0.6 is 0 Å². The minimum absolute atomic E-state index is 0.306. The highest BCUT2D eigenvalue weighted by atomic mass is 16.6. The van der Waals surface area contributed by atoms with E-state index in [4.69, 9.17) is 4.74 Å². The zero-order valence-electron chi connectivity index (χ0n) is 12.5. The predicted molar refractivity (Wildman–Crippen MR) is 69.6 cm³/mol. The standard InChI is InChI=1S/C15H22O4/c1-8(2)7-9-15(19-9)11(17)13(3,4)10(16)14(5,6)12(15)18/h8-9H,7H2,1-6H3/t9-/m0/s1. The van der Waals surface area contributed by atoms with Gasteiger partial charge in [-0.2, -0.15) is 0 Å². The fourth-order valence-corrected chi connectivity index (χ4v) is 3.25. The zero-order chi connectivity index (χ0) is 14.8. The first-order valence-corrected chi connectivity index (χ1v) is 6.81. The first-order valence-electron chi connectivity index (χ1n) is 6.81. The van der Waals surface area contributed by atoms with Gasteiger partial charge in [0.15, 0.2) is 17.3 Å². The fraction of sp³-hybridized carbons (Fsp3) is 0.800. The van der Waals surface area contributed by atoms with Crippen molar-refractivity contribution in [3.63, 3.8) is 0 Å². The average molecular weight is 266 g/mol. The summed E-state index contributed by atoms with van der Waals surface area (Å²) in [5, 5.41) is 0. The molecule has 0 aromatic heterocycles. The van der Waals surface area contributed by atoms with Gasteiger partial charge in [0, 0.05) is 0 Å². The molecule has 0 amide bonds. The molecule has 2 rings (SSSR count). The van der Waals surface area contributed by atoms with Crippen LogP contribution in [0.1, 0.15) is 48.0 Å². The van der Waals surface area contributed by atoms with Crippen molar-refractivity contribution in [2.75, 3.05) is 0 Å². The highest BCUT2D eigenvalue weighted by molar-refractivity contribution is 6.34. The summed E-state index contributed by atoms with van der Waals surface area (Å²) >= 11 is 0. The molecule has 2 aliphatic rings. The van der Waals surface area contributed by atoms with Gasteiger partial charge >= 0.3 is 0 Å². The number of hydrogen-bond donors (Lipinski definition) is 0. The Labute approximate surface area is 113 Å². The van der Waals surface area contributed by atoms with Crippen molar-refractivity contribution >= 4 is 17.3 Å². The van der Waals surface area contributed by atoms with Crippen LogP contribution in [-0.2, 0) is 19.1 Å². The molecule has 0 aromatic rings. The maximum Gasteiger partial charge on any atom is 0.212 e. The summed E-state index contributed by atoms with van der Waals surface area (Å²) in [6.45, 7) is 10.4. The third-order valence-electron chi connectivity index (χ3n) is 4.36. The summed E-state index contributed by atoms with van der Waals surface area (Å²) in [7, 11) is 0. The molecule has 1 saturated heterocycles. The third-order valence-corrected chi connectivity index (χ3v) is 4.36. The number of carbonyl (C=O) groups excluding carboxylic acids is 3. The molecule has 106 valence electrons. The molecule has 1 atom stereocenters. The molecule has 0 bridgehead atoms. The molecule has 4 heteroatoms. The lowest BCUT2D eigenvalue weighted by atomic mass is 9.57. The second-order valence-corrected chi connectivity index (χ2v) is 7.21. The number of ketones is 3. The predicted octanol–water partition coefficient (Wildman–Crippen LogP) is 1.94. The largest absolute Gasteiger partial charge is 0.350 e. The van der Waals surface area contributed by atoms with E-state index in [0.717, 1.165) is 0 Å². The van der Waals surface area contributed by atoms with Crippen LogP contribution in [0.2, 0.25) is 0 Å². The van der Waals surface area contributed by atoms with Gasteiger partial charge in [-0.05, 0) is 40.0 Å². The Balaban J connectivity index is 2.44. The number of hydrogen-bond acceptors (Lipinski definition) is 4. The molecule has 0 N–H and O–H groups in total. The average Bonchev–Trinajstić information content (AvgIpc) is 2.98. The molecular formula is C15H22O4. The lowest BCUT2D eigenvalue weighted by molar-refractivity contribution is -0.161. The lowest BCUT2D eigenvalue weighted by Gasteiger charge is -2.39. The minimum Gasteiger partial charge on any atom is -0.350 e. The summed E-state index contributed by atoms with van der Waals surface area (Å²) in [5.74, 6) is -0.687. The van der Waals surface area contributed by atoms with E-state index in [0.29, 0.717) is 12.3 Å². The maximum absolute atomic E-state index is 12.6. The Kier molecular flexibility index (Phi) is 2.84. The van der Waals surface area contributed by atoms with Gasteiger partial charge < -0.3 is 4.74 Å². The van der Waals surface area contributed by atoms with Crippen molar-refractivity contribution in [3.8, 4) is 0 Å². The molecule has 1 heterocycles. The summed E-state index contributed by atoms with van der Waals surface area (Å²) in [4.78, 5) is 37.5. The Morgan fingerprint density at radius 1 is 0.947 bits per heavy atom. The molecule has 0 radical (unpaired) electrons. The van der Waals surface area contributed by atoms with Gasteiger partial charge in [0.2, 0.25) is 5.60 Å². The van der Waals surface area contributed by atoms with E-state index in [1.807, 2.05) is 13.8 Å². The van der Waals surface area contributed by atoms with Crippen LogP contribution in [0.25, 0.3) is 0 Å². The van der Waals surface area contributed by atoms with Crippen LogP contribution in [0.3, 0.4) is 0 Å². The van der Waals surface area contributed by atoms with E-state index < -0.39 is 16.4 Å². The Bertz CT molecular complexity index is 441. The number of Topliss-reactive ketones (excluding diaryl/α,β-unsaturated/α-hetero) is 3. The van der Waals surface area contributed by atoms with E-state index in [1.54, 1.807) is 27.7 Å². The molecule has 1 saturated carbocycles. The van der Waals surface area contributed by atoms with E-state index >= 15 is 0 Å². The molecule has 0 aromatic carbocycles. The minimum atomic E-state index is -1.36. The number of ether oxygens (including phenoxy) is 1. The normalized spacial score (nSPS) is 31.1. The lowest BCUT2D eigenvalue weighted by Crippen LogP contribution is -2.62. The molecule has 1 spiro atoms. The Morgan fingerprint density at radius 2 is 1.37 bits per heavy atom. The summed E-state index contributed by atoms with van der Waals surface area (Å²) in [6.07, 6.45) is 0.303. The zero-order valence-corrected chi connectivity index (χ0v) is 12.5. The van der Waals surface area contributed by atoms with E-state index in [1.165, 1.54) is 0 Å². The smallest absolute Gasteiger partial charge is 0.212 e. The topological polar surface area (TPSA) is 63.7 Å². The fourth-order valence-electron chi connectivity index (χ4n) is 3.25. The van der Waals surface area contributed by atoms with Crippen LogP contribution in [0.5, 0.6) is 0 Å². The van der Waals surface area contributed by atoms with Gasteiger partial charge in [-0.25, -0.2) is 0 Å². The Hall–Kier alpha value is -1.03. The molecule has 1 aliphatic heterocycles. The van der Waals surface area contributed by atoms with E-state index in [-0.39, 0.29) is 23.5 Å². The van der Waals surface area contributed by atoms with Crippen molar-refractivity contribution in [2.45, 2.75) is 59.7 Å².